The van der Waals surface area contributed by atoms with Gasteiger partial charge in [0.2, 0.25) is 0 Å². The predicted octanol–water partition coefficient (Wildman–Crippen LogP) is 4.16. The van der Waals surface area contributed by atoms with Crippen LogP contribution in [0.1, 0.15) is 58.3 Å². The third-order valence-electron chi connectivity index (χ3n) is 3.43. The fourth-order valence-electron chi connectivity index (χ4n) is 2.04. The maximum Gasteiger partial charge on any atom is 0.303 e. The summed E-state index contributed by atoms with van der Waals surface area (Å²) in [6.45, 7) is 2.15. The van der Waals surface area contributed by atoms with Crippen LogP contribution in [0, 0.1) is 0 Å². The topological polar surface area (TPSA) is 77.8 Å². The van der Waals surface area contributed by atoms with Crippen LogP contribution in [0.5, 0.6) is 0 Å². The maximum atomic E-state index is 10.3. The van der Waals surface area contributed by atoms with Crippen molar-refractivity contribution in [2.24, 2.45) is 0 Å². The Bertz CT molecular complexity index is 421. The normalized spacial score (nSPS) is 15.1. The minimum Gasteiger partial charge on any atom is -0.481 e. The van der Waals surface area contributed by atoms with Crippen LogP contribution in [0.4, 0.5) is 0 Å². The number of carboxylic acid groups (broad SMARTS) is 1. The summed E-state index contributed by atoms with van der Waals surface area (Å²) in [7, 11) is 0. The van der Waals surface area contributed by atoms with E-state index in [1.165, 1.54) is 0 Å². The third kappa shape index (κ3) is 16.7. The first-order chi connectivity index (χ1) is 11.6. The van der Waals surface area contributed by atoms with Crippen molar-refractivity contribution < 1.29 is 20.1 Å². The Balaban J connectivity index is 3.75. The number of hydrogen-bond acceptors (Lipinski definition) is 3. The van der Waals surface area contributed by atoms with Gasteiger partial charge in [-0.1, -0.05) is 74.8 Å². The fourth-order valence-corrected chi connectivity index (χ4v) is 2.04. The number of aliphatic hydroxyl groups excluding tert-OH is 2. The molecule has 0 saturated heterocycles. The third-order valence-corrected chi connectivity index (χ3v) is 3.43. The van der Waals surface area contributed by atoms with Gasteiger partial charge in [-0.05, 0) is 25.7 Å². The van der Waals surface area contributed by atoms with Crippen molar-refractivity contribution >= 4 is 5.97 Å². The molecular weight excluding hydrogens is 304 g/mol. The zero-order valence-electron chi connectivity index (χ0n) is 14.7. The number of aliphatic carboxylic acids is 1. The van der Waals surface area contributed by atoms with Gasteiger partial charge in [0.25, 0.3) is 0 Å². The predicted molar refractivity (Wildman–Crippen MR) is 98.8 cm³/mol. The van der Waals surface area contributed by atoms with Crippen molar-refractivity contribution in [3.05, 3.63) is 48.6 Å². The summed E-state index contributed by atoms with van der Waals surface area (Å²) in [6.07, 6.45) is 19.9. The molecule has 0 fully saturated rings. The zero-order valence-corrected chi connectivity index (χ0v) is 14.7. The van der Waals surface area contributed by atoms with E-state index in [4.69, 9.17) is 5.11 Å². The van der Waals surface area contributed by atoms with E-state index in [0.717, 1.165) is 32.1 Å². The number of carboxylic acids is 1. The van der Waals surface area contributed by atoms with E-state index in [2.05, 4.69) is 6.92 Å². The van der Waals surface area contributed by atoms with Crippen LogP contribution >= 0.6 is 0 Å². The maximum absolute atomic E-state index is 10.3. The quantitative estimate of drug-likeness (QED) is 0.329. The molecule has 4 nitrogen and oxygen atoms in total. The molecule has 0 aliphatic carbocycles. The van der Waals surface area contributed by atoms with Gasteiger partial charge in [-0.25, -0.2) is 0 Å². The van der Waals surface area contributed by atoms with Crippen molar-refractivity contribution in [1.29, 1.82) is 0 Å². The number of aliphatic hydroxyl groups is 2. The van der Waals surface area contributed by atoms with Crippen LogP contribution in [0.2, 0.25) is 0 Å². The van der Waals surface area contributed by atoms with Gasteiger partial charge in [0.05, 0.1) is 12.2 Å². The largest absolute Gasteiger partial charge is 0.481 e. The fraction of sp³-hybridized carbons (Fsp3) is 0.550. The van der Waals surface area contributed by atoms with Gasteiger partial charge in [0.15, 0.2) is 0 Å². The van der Waals surface area contributed by atoms with Gasteiger partial charge in [0, 0.05) is 6.42 Å². The highest BCUT2D eigenvalue weighted by molar-refractivity contribution is 5.66. The summed E-state index contributed by atoms with van der Waals surface area (Å²) in [5.74, 6) is -0.833. The molecule has 0 radical (unpaired) electrons. The first kappa shape index (κ1) is 22.4. The molecule has 0 amide bonds. The summed E-state index contributed by atoms with van der Waals surface area (Å²) >= 11 is 0. The first-order valence-corrected chi connectivity index (χ1v) is 8.80. The monoisotopic (exact) mass is 336 g/mol. The summed E-state index contributed by atoms with van der Waals surface area (Å²) < 4.78 is 0. The van der Waals surface area contributed by atoms with Gasteiger partial charge >= 0.3 is 5.97 Å². The Morgan fingerprint density at radius 3 is 1.92 bits per heavy atom. The van der Waals surface area contributed by atoms with E-state index >= 15 is 0 Å². The molecule has 0 rings (SSSR count). The van der Waals surface area contributed by atoms with Crippen LogP contribution in [0.25, 0.3) is 0 Å². The SMILES string of the molecule is CCCCC[C@H](O)C=CC=CCC=C/C=C/[C@@H](O)CCCC(=O)O. The highest BCUT2D eigenvalue weighted by Crippen LogP contribution is 2.04. The Kier molecular flexibility index (Phi) is 15.1. The molecule has 0 aromatic heterocycles. The van der Waals surface area contributed by atoms with E-state index in [9.17, 15) is 15.0 Å². The van der Waals surface area contributed by atoms with E-state index in [0.29, 0.717) is 12.8 Å². The standard InChI is InChI=1S/C20H32O4/c1-2-3-9-13-18(21)14-10-7-5-4-6-8-11-15-19(22)16-12-17-20(23)24/h5-8,10-11,14-15,18-19,21-22H,2-4,9,12-13,16-17H2,1H3,(H,23,24)/b7-5?,8-6?,14-10?,15-11+/t18-,19+/m0/s1. The lowest BCUT2D eigenvalue weighted by Gasteiger charge is -2.02. The smallest absolute Gasteiger partial charge is 0.303 e. The molecule has 0 unspecified atom stereocenters. The van der Waals surface area contributed by atoms with Gasteiger partial charge < -0.3 is 15.3 Å². The lowest BCUT2D eigenvalue weighted by Crippen LogP contribution is -2.03. The molecule has 0 saturated carbocycles. The molecule has 0 heterocycles. The van der Waals surface area contributed by atoms with E-state index in [1.807, 2.05) is 36.5 Å². The van der Waals surface area contributed by atoms with Gasteiger partial charge in [-0.15, -0.1) is 0 Å². The summed E-state index contributed by atoms with van der Waals surface area (Å²) in [5.41, 5.74) is 0. The highest BCUT2D eigenvalue weighted by atomic mass is 16.4. The van der Waals surface area contributed by atoms with Crippen LogP contribution in [0.15, 0.2) is 48.6 Å². The summed E-state index contributed by atoms with van der Waals surface area (Å²) in [5, 5.41) is 27.8. The molecule has 3 N–H and O–H groups in total. The number of carbonyl (C=O) groups is 1. The van der Waals surface area contributed by atoms with Gasteiger partial charge in [0.1, 0.15) is 0 Å². The average Bonchev–Trinajstić information content (AvgIpc) is 2.53. The number of allylic oxidation sites excluding steroid dienone is 6. The molecular formula is C20H32O4. The number of rotatable bonds is 14. The van der Waals surface area contributed by atoms with Gasteiger partial charge in [-0.3, -0.25) is 4.79 Å². The van der Waals surface area contributed by atoms with E-state index in [1.54, 1.807) is 12.2 Å². The average molecular weight is 336 g/mol. The lowest BCUT2D eigenvalue weighted by molar-refractivity contribution is -0.137. The Morgan fingerprint density at radius 1 is 0.875 bits per heavy atom. The van der Waals surface area contributed by atoms with Crippen LogP contribution in [0.3, 0.4) is 0 Å². The molecule has 0 spiro atoms. The Morgan fingerprint density at radius 2 is 1.42 bits per heavy atom. The van der Waals surface area contributed by atoms with Crippen molar-refractivity contribution in [2.75, 3.05) is 0 Å². The second-order valence-corrected chi connectivity index (χ2v) is 5.78. The van der Waals surface area contributed by atoms with Crippen molar-refractivity contribution in [2.45, 2.75) is 70.5 Å². The molecule has 0 aromatic carbocycles. The van der Waals surface area contributed by atoms with Crippen LogP contribution < -0.4 is 0 Å². The minimum atomic E-state index is -0.833. The highest BCUT2D eigenvalue weighted by Gasteiger charge is 2.01. The van der Waals surface area contributed by atoms with Crippen molar-refractivity contribution in [1.82, 2.24) is 0 Å². The molecule has 4 heteroatoms. The molecule has 0 bridgehead atoms. The number of unbranched alkanes of at least 4 members (excludes halogenated alkanes) is 2. The molecule has 2 atom stereocenters. The first-order valence-electron chi connectivity index (χ1n) is 8.80. The zero-order chi connectivity index (χ0) is 18.0. The Hall–Kier alpha value is -1.65. The Labute approximate surface area is 145 Å². The molecule has 0 aromatic rings. The second-order valence-electron chi connectivity index (χ2n) is 5.78. The molecule has 24 heavy (non-hydrogen) atoms. The van der Waals surface area contributed by atoms with E-state index < -0.39 is 12.1 Å². The minimum absolute atomic E-state index is 0.0896. The van der Waals surface area contributed by atoms with Crippen molar-refractivity contribution in [3.63, 3.8) is 0 Å². The molecule has 0 aliphatic rings. The molecule has 136 valence electrons. The van der Waals surface area contributed by atoms with Crippen LogP contribution in [-0.2, 0) is 4.79 Å². The van der Waals surface area contributed by atoms with Crippen LogP contribution in [-0.4, -0.2) is 33.5 Å². The lowest BCUT2D eigenvalue weighted by atomic mass is 10.1. The van der Waals surface area contributed by atoms with E-state index in [-0.39, 0.29) is 12.5 Å². The van der Waals surface area contributed by atoms with Gasteiger partial charge in [-0.2, -0.15) is 0 Å². The summed E-state index contributed by atoms with van der Waals surface area (Å²) in [4.78, 5) is 10.3. The summed E-state index contributed by atoms with van der Waals surface area (Å²) in [6, 6.07) is 0. The number of hydrogen-bond donors (Lipinski definition) is 3. The second kappa shape index (κ2) is 16.2. The van der Waals surface area contributed by atoms with Crippen molar-refractivity contribution in [3.8, 4) is 0 Å². The molecule has 0 aliphatic heterocycles.